The highest BCUT2D eigenvalue weighted by Gasteiger charge is 2.62. The maximum atomic E-state index is 12.8. The highest BCUT2D eigenvalue weighted by Crippen LogP contribution is 2.50. The van der Waals surface area contributed by atoms with Gasteiger partial charge in [0.2, 0.25) is 5.91 Å². The number of nitrogens with one attached hydrogen (secondary N) is 2. The van der Waals surface area contributed by atoms with E-state index >= 15 is 0 Å². The molecule has 1 aromatic rings. The second kappa shape index (κ2) is 7.95. The molecule has 2 amide bonds. The number of amides is 2. The zero-order valence-electron chi connectivity index (χ0n) is 15.8. The lowest BCUT2D eigenvalue weighted by Crippen LogP contribution is -2.74. The van der Waals surface area contributed by atoms with Gasteiger partial charge in [-0.25, -0.2) is 0 Å². The van der Waals surface area contributed by atoms with Gasteiger partial charge in [0.1, 0.15) is 5.54 Å². The maximum Gasteiger partial charge on any atom is 0.253 e. The molecule has 0 radical (unpaired) electrons. The molecule has 0 aromatic heterocycles. The van der Waals surface area contributed by atoms with Crippen molar-refractivity contribution in [2.24, 2.45) is 11.1 Å². The van der Waals surface area contributed by atoms with Gasteiger partial charge < -0.3 is 21.1 Å². The average Bonchev–Trinajstić information content (AvgIpc) is 3.39. The monoisotopic (exact) mass is 415 g/mol. The summed E-state index contributed by atoms with van der Waals surface area (Å²) in [5, 5.41) is 6.09. The summed E-state index contributed by atoms with van der Waals surface area (Å²) in [4.78, 5) is 25.1. The first-order chi connectivity index (χ1) is 12.2. The Morgan fingerprint density at radius 1 is 1.33 bits per heavy atom. The van der Waals surface area contributed by atoms with Gasteiger partial charge in [-0.1, -0.05) is 25.4 Å². The van der Waals surface area contributed by atoms with Gasteiger partial charge in [-0.15, -0.1) is 12.4 Å². The molecular formula is C19H27Cl2N3O3. The summed E-state index contributed by atoms with van der Waals surface area (Å²) in [6.45, 7) is 6.39. The third kappa shape index (κ3) is 4.09. The van der Waals surface area contributed by atoms with E-state index < -0.39 is 11.0 Å². The van der Waals surface area contributed by atoms with Crippen molar-refractivity contribution >= 4 is 41.5 Å². The molecule has 8 heteroatoms. The normalized spacial score (nSPS) is 25.7. The fourth-order valence-corrected chi connectivity index (χ4v) is 3.53. The van der Waals surface area contributed by atoms with E-state index in [1.54, 1.807) is 18.2 Å². The van der Waals surface area contributed by atoms with Crippen molar-refractivity contribution in [3.63, 3.8) is 0 Å². The molecule has 0 heterocycles. The number of ether oxygens (including phenoxy) is 1. The molecule has 2 fully saturated rings. The summed E-state index contributed by atoms with van der Waals surface area (Å²) >= 11 is 6.14. The van der Waals surface area contributed by atoms with Crippen molar-refractivity contribution in [1.82, 2.24) is 5.32 Å². The van der Waals surface area contributed by atoms with Crippen LogP contribution in [0.15, 0.2) is 18.2 Å². The summed E-state index contributed by atoms with van der Waals surface area (Å²) in [5.74, 6) is -0.509. The second-order valence-corrected chi connectivity index (χ2v) is 8.14. The van der Waals surface area contributed by atoms with Crippen molar-refractivity contribution in [3.8, 4) is 0 Å². The Bertz CT molecular complexity index is 737. The van der Waals surface area contributed by atoms with Gasteiger partial charge in [0, 0.05) is 30.2 Å². The van der Waals surface area contributed by atoms with E-state index in [1.165, 1.54) is 0 Å². The molecule has 3 rings (SSSR count). The third-order valence-corrected chi connectivity index (χ3v) is 5.95. The Morgan fingerprint density at radius 2 is 2.00 bits per heavy atom. The Hall–Kier alpha value is -1.34. The molecule has 2 unspecified atom stereocenters. The minimum Gasteiger partial charge on any atom is -0.378 e. The molecule has 2 aliphatic carbocycles. The summed E-state index contributed by atoms with van der Waals surface area (Å²) in [6, 6.07) is 5.10. The first-order valence-corrected chi connectivity index (χ1v) is 9.39. The average molecular weight is 416 g/mol. The summed E-state index contributed by atoms with van der Waals surface area (Å²) in [6.07, 6.45) is 2.40. The van der Waals surface area contributed by atoms with E-state index in [1.807, 2.05) is 20.8 Å². The molecule has 27 heavy (non-hydrogen) atoms. The van der Waals surface area contributed by atoms with Crippen LogP contribution in [0.25, 0.3) is 0 Å². The van der Waals surface area contributed by atoms with Gasteiger partial charge in [-0.2, -0.15) is 0 Å². The van der Waals surface area contributed by atoms with Crippen molar-refractivity contribution in [2.75, 3.05) is 11.9 Å². The summed E-state index contributed by atoms with van der Waals surface area (Å²) in [5.41, 5.74) is 5.74. The molecule has 0 aliphatic heterocycles. The van der Waals surface area contributed by atoms with Crippen LogP contribution in [0, 0.1) is 5.41 Å². The molecule has 2 aliphatic rings. The number of hydrogen-bond donors (Lipinski definition) is 3. The lowest BCUT2D eigenvalue weighted by Gasteiger charge is -2.57. The Morgan fingerprint density at radius 3 is 2.56 bits per heavy atom. The zero-order valence-corrected chi connectivity index (χ0v) is 17.4. The molecule has 0 spiro atoms. The predicted molar refractivity (Wildman–Crippen MR) is 109 cm³/mol. The third-order valence-electron chi connectivity index (χ3n) is 5.62. The number of anilines is 1. The van der Waals surface area contributed by atoms with Crippen molar-refractivity contribution in [3.05, 3.63) is 28.8 Å². The van der Waals surface area contributed by atoms with E-state index in [0.29, 0.717) is 29.3 Å². The molecule has 2 saturated carbocycles. The summed E-state index contributed by atoms with van der Waals surface area (Å²) < 4.78 is 5.67. The van der Waals surface area contributed by atoms with Crippen LogP contribution < -0.4 is 16.4 Å². The number of nitrogens with two attached hydrogens (primary N) is 1. The van der Waals surface area contributed by atoms with Crippen molar-refractivity contribution < 1.29 is 14.3 Å². The lowest BCUT2D eigenvalue weighted by atomic mass is 9.54. The first kappa shape index (κ1) is 22.0. The standard InChI is InChI=1S/C19H26ClN3O3.ClH/c1-4-26-15-10-19(21,18(15,2)3)17(25)23-12-7-8-14(20)13(9-12)16(24)22-11-5-6-11;/h7-9,11,15H,4-6,10,21H2,1-3H3,(H,22,24)(H,23,25);1H. The van der Waals surface area contributed by atoms with Gasteiger partial charge in [0.15, 0.2) is 0 Å². The molecule has 4 N–H and O–H groups in total. The minimum absolute atomic E-state index is 0. The van der Waals surface area contributed by atoms with Gasteiger partial charge in [-0.05, 0) is 38.0 Å². The van der Waals surface area contributed by atoms with E-state index in [2.05, 4.69) is 10.6 Å². The second-order valence-electron chi connectivity index (χ2n) is 7.74. The summed E-state index contributed by atoms with van der Waals surface area (Å²) in [7, 11) is 0. The first-order valence-electron chi connectivity index (χ1n) is 9.01. The van der Waals surface area contributed by atoms with Gasteiger partial charge >= 0.3 is 0 Å². The molecule has 1 aromatic carbocycles. The Balaban J connectivity index is 0.00000261. The number of carbonyl (C=O) groups excluding carboxylic acids is 2. The van der Waals surface area contributed by atoms with Crippen LogP contribution in [0.4, 0.5) is 5.69 Å². The van der Waals surface area contributed by atoms with E-state index in [0.717, 1.165) is 12.8 Å². The maximum absolute atomic E-state index is 12.8. The number of halogens is 2. The smallest absolute Gasteiger partial charge is 0.253 e. The van der Waals surface area contributed by atoms with Gasteiger partial charge in [-0.3, -0.25) is 9.59 Å². The quantitative estimate of drug-likeness (QED) is 0.664. The topological polar surface area (TPSA) is 93.4 Å². The molecule has 2 atom stereocenters. The molecular weight excluding hydrogens is 389 g/mol. The molecule has 0 saturated heterocycles. The van der Waals surface area contributed by atoms with Crippen LogP contribution in [0.1, 0.15) is 50.4 Å². The minimum atomic E-state index is -1.02. The van der Waals surface area contributed by atoms with Crippen LogP contribution in [-0.4, -0.2) is 36.1 Å². The van der Waals surface area contributed by atoms with Gasteiger partial charge in [0.05, 0.1) is 16.7 Å². The highest BCUT2D eigenvalue weighted by molar-refractivity contribution is 6.34. The van der Waals surface area contributed by atoms with Crippen LogP contribution in [0.3, 0.4) is 0 Å². The number of carbonyl (C=O) groups is 2. The number of benzene rings is 1. The van der Waals surface area contributed by atoms with Gasteiger partial charge in [0.25, 0.3) is 5.91 Å². The SMILES string of the molecule is CCOC1CC(N)(C(=O)Nc2ccc(Cl)c(C(=O)NC3CC3)c2)C1(C)C.Cl. The Kier molecular flexibility index (Phi) is 6.47. The molecule has 0 bridgehead atoms. The Labute approximate surface area is 170 Å². The van der Waals surface area contributed by atoms with E-state index in [4.69, 9.17) is 22.1 Å². The van der Waals surface area contributed by atoms with E-state index in [-0.39, 0.29) is 36.4 Å². The molecule has 6 nitrogen and oxygen atoms in total. The fraction of sp³-hybridized carbons (Fsp3) is 0.579. The fourth-order valence-electron chi connectivity index (χ4n) is 3.33. The van der Waals surface area contributed by atoms with E-state index in [9.17, 15) is 9.59 Å². The van der Waals surface area contributed by atoms with Crippen LogP contribution >= 0.6 is 24.0 Å². The molecule has 150 valence electrons. The largest absolute Gasteiger partial charge is 0.378 e. The van der Waals surface area contributed by atoms with Crippen molar-refractivity contribution in [1.29, 1.82) is 0 Å². The van der Waals surface area contributed by atoms with Crippen LogP contribution in [-0.2, 0) is 9.53 Å². The zero-order chi connectivity index (χ0) is 19.1. The van der Waals surface area contributed by atoms with Crippen LogP contribution in [0.5, 0.6) is 0 Å². The lowest BCUT2D eigenvalue weighted by molar-refractivity contribution is -0.166. The van der Waals surface area contributed by atoms with Crippen molar-refractivity contribution in [2.45, 2.75) is 57.7 Å². The number of rotatable bonds is 6. The number of hydrogen-bond acceptors (Lipinski definition) is 4. The van der Waals surface area contributed by atoms with Crippen LogP contribution in [0.2, 0.25) is 5.02 Å². The highest BCUT2D eigenvalue weighted by atomic mass is 35.5. The predicted octanol–water partition coefficient (Wildman–Crippen LogP) is 3.13.